The van der Waals surface area contributed by atoms with E-state index in [1.807, 2.05) is 0 Å². The summed E-state index contributed by atoms with van der Waals surface area (Å²) < 4.78 is 0. The minimum Gasteiger partial charge on any atom is -0.480 e. The molecule has 1 aliphatic rings. The predicted molar refractivity (Wildman–Crippen MR) is 89.6 cm³/mol. The van der Waals surface area contributed by atoms with Gasteiger partial charge in [-0.2, -0.15) is 0 Å². The summed E-state index contributed by atoms with van der Waals surface area (Å²) in [6, 6.07) is -2.67. The third-order valence-corrected chi connectivity index (χ3v) is 3.97. The van der Waals surface area contributed by atoms with Crippen molar-refractivity contribution in [2.45, 2.75) is 44.8 Å². The lowest BCUT2D eigenvalue weighted by Gasteiger charge is -2.24. The molecular weight excluding hydrogens is 346 g/mol. The van der Waals surface area contributed by atoms with Gasteiger partial charge >= 0.3 is 5.97 Å². The first kappa shape index (κ1) is 21.4. The summed E-state index contributed by atoms with van der Waals surface area (Å²) in [6.07, 6.45) is 1.16. The highest BCUT2D eigenvalue weighted by Gasteiger charge is 2.34. The largest absolute Gasteiger partial charge is 0.480 e. The topological polar surface area (TPSA) is 171 Å². The number of hydrogen-bond donors (Lipinski definition) is 5. The van der Waals surface area contributed by atoms with E-state index in [2.05, 4.69) is 16.0 Å². The molecule has 4 amide bonds. The van der Waals surface area contributed by atoms with E-state index in [1.54, 1.807) is 0 Å². The van der Waals surface area contributed by atoms with Crippen LogP contribution in [0.5, 0.6) is 0 Å². The van der Waals surface area contributed by atoms with Gasteiger partial charge in [-0.05, 0) is 26.7 Å². The number of carbonyl (C=O) groups excluding carboxylic acids is 4. The molecule has 1 rings (SSSR count). The van der Waals surface area contributed by atoms with Gasteiger partial charge in [0, 0.05) is 6.54 Å². The molecular formula is C15H25N5O6. The molecule has 0 aromatic heterocycles. The number of likely N-dealkylation sites (tertiary alicyclic amines) is 1. The molecule has 11 nitrogen and oxygen atoms in total. The highest BCUT2D eigenvalue weighted by Crippen LogP contribution is 2.17. The lowest BCUT2D eigenvalue weighted by atomic mass is 10.2. The van der Waals surface area contributed by atoms with Crippen LogP contribution in [0.1, 0.15) is 26.7 Å². The second-order valence-corrected chi connectivity index (χ2v) is 6.02. The fourth-order valence-corrected chi connectivity index (χ4v) is 2.50. The van der Waals surface area contributed by atoms with Crippen LogP contribution in [0.15, 0.2) is 0 Å². The number of nitrogens with zero attached hydrogens (tertiary/aromatic N) is 1. The number of nitrogens with one attached hydrogen (secondary N) is 3. The third kappa shape index (κ3) is 5.99. The molecule has 0 bridgehead atoms. The molecule has 146 valence electrons. The molecule has 6 N–H and O–H groups in total. The van der Waals surface area contributed by atoms with Gasteiger partial charge in [-0.25, -0.2) is 0 Å². The Morgan fingerprint density at radius 1 is 1.15 bits per heavy atom. The van der Waals surface area contributed by atoms with Crippen LogP contribution in [0.2, 0.25) is 0 Å². The van der Waals surface area contributed by atoms with Crippen LogP contribution < -0.4 is 21.7 Å². The summed E-state index contributed by atoms with van der Waals surface area (Å²) >= 11 is 0. The summed E-state index contributed by atoms with van der Waals surface area (Å²) in [6.45, 7) is 2.56. The monoisotopic (exact) mass is 371 g/mol. The van der Waals surface area contributed by atoms with E-state index in [0.717, 1.165) is 0 Å². The minimum absolute atomic E-state index is 0.191. The Bertz CT molecular complexity index is 581. The molecule has 0 saturated carbocycles. The van der Waals surface area contributed by atoms with Crippen LogP contribution in [0, 0.1) is 0 Å². The number of amides is 4. The molecule has 0 aliphatic carbocycles. The molecule has 1 fully saturated rings. The Labute approximate surface area is 150 Å². The first-order valence-corrected chi connectivity index (χ1v) is 8.27. The maximum atomic E-state index is 12.3. The van der Waals surface area contributed by atoms with Gasteiger partial charge in [-0.3, -0.25) is 24.0 Å². The number of carboxylic acid groups (broad SMARTS) is 1. The first-order valence-electron chi connectivity index (χ1n) is 8.27. The third-order valence-electron chi connectivity index (χ3n) is 3.97. The van der Waals surface area contributed by atoms with Crippen molar-refractivity contribution in [3.63, 3.8) is 0 Å². The Balaban J connectivity index is 2.46. The van der Waals surface area contributed by atoms with Crippen molar-refractivity contribution in [2.24, 2.45) is 5.73 Å². The molecule has 26 heavy (non-hydrogen) atoms. The zero-order valence-electron chi connectivity index (χ0n) is 14.8. The molecule has 1 saturated heterocycles. The SMILES string of the molecule is CC(NC(=O)CNC(=O)C(C)NC(=O)C1CCCN1C(=O)CN)C(=O)O. The molecule has 11 heteroatoms. The van der Waals surface area contributed by atoms with Gasteiger partial charge in [-0.1, -0.05) is 0 Å². The van der Waals surface area contributed by atoms with Crippen molar-refractivity contribution >= 4 is 29.6 Å². The Morgan fingerprint density at radius 3 is 2.38 bits per heavy atom. The summed E-state index contributed by atoms with van der Waals surface area (Å²) in [4.78, 5) is 59.5. The molecule has 0 aromatic carbocycles. The summed E-state index contributed by atoms with van der Waals surface area (Å²) in [5.41, 5.74) is 5.32. The standard InChI is InChI=1S/C15H25N5O6/c1-8(13(23)17-7-11(21)18-9(2)15(25)26)19-14(24)10-4-3-5-20(10)12(22)6-16/h8-10H,3-7,16H2,1-2H3,(H,17,23)(H,18,21)(H,19,24)(H,25,26). The second-order valence-electron chi connectivity index (χ2n) is 6.02. The van der Waals surface area contributed by atoms with Crippen LogP contribution >= 0.6 is 0 Å². The lowest BCUT2D eigenvalue weighted by molar-refractivity contribution is -0.141. The number of hydrogen-bond acceptors (Lipinski definition) is 6. The lowest BCUT2D eigenvalue weighted by Crippen LogP contribution is -2.53. The van der Waals surface area contributed by atoms with Gasteiger partial charge in [0.2, 0.25) is 23.6 Å². The van der Waals surface area contributed by atoms with E-state index in [4.69, 9.17) is 10.8 Å². The number of carbonyl (C=O) groups is 5. The average molecular weight is 371 g/mol. The van der Waals surface area contributed by atoms with Crippen molar-refractivity contribution in [3.05, 3.63) is 0 Å². The molecule has 1 aliphatic heterocycles. The van der Waals surface area contributed by atoms with Gasteiger partial charge in [0.25, 0.3) is 0 Å². The fourth-order valence-electron chi connectivity index (χ4n) is 2.50. The maximum Gasteiger partial charge on any atom is 0.325 e. The van der Waals surface area contributed by atoms with Crippen LogP contribution in [-0.2, 0) is 24.0 Å². The number of carboxylic acids is 1. The second kappa shape index (κ2) is 9.70. The summed E-state index contributed by atoms with van der Waals surface area (Å²) in [5.74, 6) is -3.26. The quantitative estimate of drug-likeness (QED) is 0.305. The molecule has 0 aromatic rings. The fraction of sp³-hybridized carbons (Fsp3) is 0.667. The smallest absolute Gasteiger partial charge is 0.325 e. The molecule has 0 spiro atoms. The average Bonchev–Trinajstić information content (AvgIpc) is 3.08. The van der Waals surface area contributed by atoms with Gasteiger partial charge in [-0.15, -0.1) is 0 Å². The molecule has 3 atom stereocenters. The van der Waals surface area contributed by atoms with Gasteiger partial charge in [0.15, 0.2) is 0 Å². The van der Waals surface area contributed by atoms with Crippen molar-refractivity contribution in [3.8, 4) is 0 Å². The summed E-state index contributed by atoms with van der Waals surface area (Å²) in [5, 5.41) is 15.7. The number of rotatable bonds is 8. The van der Waals surface area contributed by atoms with Crippen molar-refractivity contribution in [1.29, 1.82) is 0 Å². The van der Waals surface area contributed by atoms with E-state index in [9.17, 15) is 24.0 Å². The van der Waals surface area contributed by atoms with Gasteiger partial charge < -0.3 is 31.7 Å². The van der Waals surface area contributed by atoms with Crippen LogP contribution in [0.25, 0.3) is 0 Å². The van der Waals surface area contributed by atoms with Gasteiger partial charge in [0.1, 0.15) is 18.1 Å². The highest BCUT2D eigenvalue weighted by molar-refractivity contribution is 5.94. The van der Waals surface area contributed by atoms with Crippen molar-refractivity contribution in [1.82, 2.24) is 20.9 Å². The number of aliphatic carboxylic acids is 1. The van der Waals surface area contributed by atoms with E-state index >= 15 is 0 Å². The zero-order valence-corrected chi connectivity index (χ0v) is 14.8. The van der Waals surface area contributed by atoms with Crippen LogP contribution in [0.3, 0.4) is 0 Å². The number of nitrogens with two attached hydrogens (primary N) is 1. The van der Waals surface area contributed by atoms with E-state index in [-0.39, 0.29) is 12.5 Å². The Kier molecular flexibility index (Phi) is 7.97. The van der Waals surface area contributed by atoms with Gasteiger partial charge in [0.05, 0.1) is 13.1 Å². The molecule has 0 radical (unpaired) electrons. The summed E-state index contributed by atoms with van der Waals surface area (Å²) in [7, 11) is 0. The van der Waals surface area contributed by atoms with Crippen LogP contribution in [0.4, 0.5) is 0 Å². The van der Waals surface area contributed by atoms with E-state index in [0.29, 0.717) is 19.4 Å². The normalized spacial score (nSPS) is 18.6. The maximum absolute atomic E-state index is 12.3. The van der Waals surface area contributed by atoms with E-state index in [1.165, 1.54) is 18.7 Å². The van der Waals surface area contributed by atoms with Crippen molar-refractivity contribution < 1.29 is 29.1 Å². The van der Waals surface area contributed by atoms with Crippen molar-refractivity contribution in [2.75, 3.05) is 19.6 Å². The molecule has 1 heterocycles. The predicted octanol–water partition coefficient (Wildman–Crippen LogP) is -2.85. The zero-order chi connectivity index (χ0) is 19.9. The van der Waals surface area contributed by atoms with E-state index < -0.39 is 48.4 Å². The first-order chi connectivity index (χ1) is 12.2. The minimum atomic E-state index is -1.20. The highest BCUT2D eigenvalue weighted by atomic mass is 16.4. The van der Waals surface area contributed by atoms with Crippen LogP contribution in [-0.4, -0.2) is 77.4 Å². The Morgan fingerprint density at radius 2 is 1.81 bits per heavy atom. The molecule has 3 unspecified atom stereocenters. The Hall–Kier alpha value is -2.69.